The predicted molar refractivity (Wildman–Crippen MR) is 128 cm³/mol. The molecule has 2 aromatic rings. The van der Waals surface area contributed by atoms with E-state index in [-0.39, 0.29) is 22.8 Å². The van der Waals surface area contributed by atoms with Crippen LogP contribution in [0, 0.1) is 0 Å². The van der Waals surface area contributed by atoms with Gasteiger partial charge >= 0.3 is 0 Å². The van der Waals surface area contributed by atoms with E-state index in [1.807, 2.05) is 0 Å². The second kappa shape index (κ2) is 11.6. The summed E-state index contributed by atoms with van der Waals surface area (Å²) in [6.45, 7) is 0. The summed E-state index contributed by atoms with van der Waals surface area (Å²) in [6, 6.07) is 8.68. The van der Waals surface area contributed by atoms with Crippen molar-refractivity contribution in [2.24, 2.45) is 5.73 Å². The highest BCUT2D eigenvalue weighted by atomic mass is 35.5. The van der Waals surface area contributed by atoms with E-state index in [4.69, 9.17) is 52.8 Å². The summed E-state index contributed by atoms with van der Waals surface area (Å²) in [5, 5.41) is 3.79. The molecule has 32 heavy (non-hydrogen) atoms. The van der Waals surface area contributed by atoms with E-state index in [0.29, 0.717) is 20.8 Å². The van der Waals surface area contributed by atoms with Crippen molar-refractivity contribution in [2.75, 3.05) is 5.32 Å². The zero-order valence-corrected chi connectivity index (χ0v) is 20.1. The van der Waals surface area contributed by atoms with Gasteiger partial charge in [0, 0.05) is 16.5 Å². The zero-order valence-electron chi connectivity index (χ0n) is 16.2. The third-order valence-electron chi connectivity index (χ3n) is 3.90. The molecule has 9 nitrogen and oxygen atoms in total. The average Bonchev–Trinajstić information content (AvgIpc) is 2.71. The number of hydrogen-bond donors (Lipinski definition) is 5. The number of anilines is 1. The molecule has 0 aliphatic heterocycles. The number of sulfonamides is 1. The molecule has 0 bridgehead atoms. The van der Waals surface area contributed by atoms with E-state index in [9.17, 15) is 18.0 Å². The minimum Gasteiger partial charge on any atom is -0.370 e. The minimum absolute atomic E-state index is 0.0308. The molecule has 2 amide bonds. The summed E-state index contributed by atoms with van der Waals surface area (Å²) in [4.78, 5) is 23.6. The van der Waals surface area contributed by atoms with Crippen LogP contribution in [0.1, 0.15) is 12.8 Å². The SMILES string of the molecule is NC(=O)CC[C@H](NS(=O)(=O)c1ccc(Cl)cc1)C(=O)NNC(=S)Nc1ccc(Cl)cc1Cl. The van der Waals surface area contributed by atoms with Crippen LogP contribution in [-0.4, -0.2) is 31.4 Å². The molecule has 0 spiro atoms. The van der Waals surface area contributed by atoms with E-state index in [0.717, 1.165) is 0 Å². The molecule has 0 saturated heterocycles. The Hall–Kier alpha value is -2.15. The van der Waals surface area contributed by atoms with Crippen LogP contribution in [0.2, 0.25) is 15.1 Å². The van der Waals surface area contributed by atoms with Gasteiger partial charge in [-0.2, -0.15) is 4.72 Å². The van der Waals surface area contributed by atoms with Gasteiger partial charge in [0.1, 0.15) is 6.04 Å². The Labute approximate surface area is 205 Å². The minimum atomic E-state index is -4.09. The monoisotopic (exact) mass is 537 g/mol. The maximum absolute atomic E-state index is 12.6. The Kier molecular flexibility index (Phi) is 9.49. The van der Waals surface area contributed by atoms with Gasteiger partial charge < -0.3 is 11.1 Å². The summed E-state index contributed by atoms with van der Waals surface area (Å²) in [6.07, 6.45) is -0.414. The van der Waals surface area contributed by atoms with Crippen LogP contribution < -0.4 is 26.6 Å². The van der Waals surface area contributed by atoms with Crippen LogP contribution in [-0.2, 0) is 19.6 Å². The third kappa shape index (κ3) is 8.08. The van der Waals surface area contributed by atoms with Crippen molar-refractivity contribution in [3.63, 3.8) is 0 Å². The summed E-state index contributed by atoms with van der Waals surface area (Å²) in [7, 11) is -4.09. The number of primary amides is 1. The summed E-state index contributed by atoms with van der Waals surface area (Å²) in [5.74, 6) is -1.49. The van der Waals surface area contributed by atoms with E-state index >= 15 is 0 Å². The van der Waals surface area contributed by atoms with Gasteiger partial charge in [-0.1, -0.05) is 34.8 Å². The van der Waals surface area contributed by atoms with Crippen molar-refractivity contribution in [2.45, 2.75) is 23.8 Å². The highest BCUT2D eigenvalue weighted by Crippen LogP contribution is 2.25. The Morgan fingerprint density at radius 3 is 2.22 bits per heavy atom. The number of halogens is 3. The van der Waals surface area contributed by atoms with E-state index in [2.05, 4.69) is 20.9 Å². The number of hydrazine groups is 1. The molecule has 0 aliphatic carbocycles. The van der Waals surface area contributed by atoms with Crippen LogP contribution in [0.15, 0.2) is 47.4 Å². The number of nitrogens with one attached hydrogen (secondary N) is 4. The first-order chi connectivity index (χ1) is 15.0. The molecule has 2 rings (SSSR count). The Morgan fingerprint density at radius 1 is 1.00 bits per heavy atom. The quantitative estimate of drug-likeness (QED) is 0.257. The fourth-order valence-corrected chi connectivity index (χ4v) is 4.32. The lowest BCUT2D eigenvalue weighted by atomic mass is 10.1. The van der Waals surface area contributed by atoms with Crippen LogP contribution >= 0.6 is 47.0 Å². The first kappa shape index (κ1) is 26.1. The number of carbonyl (C=O) groups excluding carboxylic acids is 2. The molecule has 6 N–H and O–H groups in total. The molecular formula is C18H18Cl3N5O4S2. The van der Waals surface area contributed by atoms with Gasteiger partial charge in [0.25, 0.3) is 5.91 Å². The molecule has 0 aliphatic rings. The highest BCUT2D eigenvalue weighted by Gasteiger charge is 2.26. The standard InChI is InChI=1S/C18H18Cl3N5O4S2/c19-10-1-4-12(5-2-10)32(29,30)26-15(7-8-16(22)27)17(28)24-25-18(31)23-14-6-3-11(20)9-13(14)21/h1-6,9,15,26H,7-8H2,(H2,22,27)(H,24,28)(H2,23,25,31)/t15-/m0/s1. The van der Waals surface area contributed by atoms with Gasteiger partial charge in [-0.05, 0) is 61.1 Å². The molecule has 14 heteroatoms. The largest absolute Gasteiger partial charge is 0.370 e. The lowest BCUT2D eigenvalue weighted by molar-refractivity contribution is -0.123. The molecule has 2 aromatic carbocycles. The number of rotatable bonds is 8. The lowest BCUT2D eigenvalue weighted by Gasteiger charge is -2.19. The number of hydrogen-bond acceptors (Lipinski definition) is 5. The fourth-order valence-electron chi connectivity index (χ4n) is 2.35. The smallest absolute Gasteiger partial charge is 0.256 e. The maximum Gasteiger partial charge on any atom is 0.256 e. The summed E-state index contributed by atoms with van der Waals surface area (Å²) < 4.78 is 27.5. The number of carbonyl (C=O) groups is 2. The van der Waals surface area contributed by atoms with Crippen LogP contribution in [0.3, 0.4) is 0 Å². The third-order valence-corrected chi connectivity index (χ3v) is 6.39. The number of benzene rings is 2. The van der Waals surface area contributed by atoms with Crippen molar-refractivity contribution in [3.05, 3.63) is 57.5 Å². The molecular weight excluding hydrogens is 521 g/mol. The van der Waals surface area contributed by atoms with Crippen LogP contribution in [0.4, 0.5) is 5.69 Å². The number of amides is 2. The first-order valence-electron chi connectivity index (χ1n) is 8.86. The average molecular weight is 539 g/mol. The Morgan fingerprint density at radius 2 is 1.62 bits per heavy atom. The molecule has 0 fully saturated rings. The van der Waals surface area contributed by atoms with Crippen LogP contribution in [0.25, 0.3) is 0 Å². The maximum atomic E-state index is 12.6. The number of thiocarbonyl (C=S) groups is 1. The van der Waals surface area contributed by atoms with E-state index in [1.54, 1.807) is 12.1 Å². The normalized spacial score (nSPS) is 12.0. The molecule has 172 valence electrons. The summed E-state index contributed by atoms with van der Waals surface area (Å²) in [5.41, 5.74) is 10.3. The Balaban J connectivity index is 2.05. The van der Waals surface area contributed by atoms with Crippen molar-refractivity contribution >= 4 is 79.7 Å². The zero-order chi connectivity index (χ0) is 23.9. The molecule has 0 saturated carbocycles. The van der Waals surface area contributed by atoms with Crippen LogP contribution in [0.5, 0.6) is 0 Å². The predicted octanol–water partition coefficient (Wildman–Crippen LogP) is 2.58. The van der Waals surface area contributed by atoms with Crippen molar-refractivity contribution < 1.29 is 18.0 Å². The first-order valence-corrected chi connectivity index (χ1v) is 11.9. The van der Waals surface area contributed by atoms with Crippen molar-refractivity contribution in [1.82, 2.24) is 15.6 Å². The van der Waals surface area contributed by atoms with Crippen molar-refractivity contribution in [3.8, 4) is 0 Å². The van der Waals surface area contributed by atoms with Crippen molar-refractivity contribution in [1.29, 1.82) is 0 Å². The molecule has 0 radical (unpaired) electrons. The second-order valence-electron chi connectivity index (χ2n) is 6.33. The van der Waals surface area contributed by atoms with Gasteiger partial charge in [0.2, 0.25) is 15.9 Å². The van der Waals surface area contributed by atoms with Gasteiger partial charge in [-0.25, -0.2) is 8.42 Å². The molecule has 0 heterocycles. The van der Waals surface area contributed by atoms with Gasteiger partial charge in [-0.15, -0.1) is 0 Å². The summed E-state index contributed by atoms with van der Waals surface area (Å²) >= 11 is 22.7. The Bertz CT molecular complexity index is 1110. The van der Waals surface area contributed by atoms with Gasteiger partial charge in [0.15, 0.2) is 5.11 Å². The molecule has 0 aromatic heterocycles. The van der Waals surface area contributed by atoms with Gasteiger partial charge in [0.05, 0.1) is 15.6 Å². The van der Waals surface area contributed by atoms with E-state index < -0.39 is 27.9 Å². The molecule has 0 unspecified atom stereocenters. The number of nitrogens with two attached hydrogens (primary N) is 1. The van der Waals surface area contributed by atoms with Gasteiger partial charge in [-0.3, -0.25) is 20.4 Å². The molecule has 1 atom stereocenters. The highest BCUT2D eigenvalue weighted by molar-refractivity contribution is 7.89. The lowest BCUT2D eigenvalue weighted by Crippen LogP contribution is -2.53. The topological polar surface area (TPSA) is 142 Å². The van der Waals surface area contributed by atoms with E-state index in [1.165, 1.54) is 30.3 Å². The fraction of sp³-hybridized carbons (Fsp3) is 0.167. The second-order valence-corrected chi connectivity index (χ2v) is 9.73.